The van der Waals surface area contributed by atoms with Crippen molar-refractivity contribution in [3.05, 3.63) is 47.8 Å². The first-order chi connectivity index (χ1) is 13.2. The van der Waals surface area contributed by atoms with E-state index in [9.17, 15) is 4.79 Å². The number of nitrogens with zero attached hydrogens (tertiary/aromatic N) is 3. The number of likely N-dealkylation sites (N-methyl/N-ethyl adjacent to an activating group) is 1. The number of carbonyl (C=O) groups excluding carboxylic acids is 1. The van der Waals surface area contributed by atoms with Gasteiger partial charge in [-0.25, -0.2) is 0 Å². The van der Waals surface area contributed by atoms with Crippen LogP contribution in [0.25, 0.3) is 0 Å². The number of hydrogen-bond donors (Lipinski definition) is 1. The monoisotopic (exact) mass is 368 g/mol. The smallest absolute Gasteiger partial charge is 0.272 e. The third-order valence-corrected chi connectivity index (χ3v) is 5.02. The van der Waals surface area contributed by atoms with Crippen LogP contribution in [0.5, 0.6) is 11.5 Å². The molecule has 2 aliphatic rings. The van der Waals surface area contributed by atoms with Gasteiger partial charge in [-0.05, 0) is 36.4 Å². The maximum absolute atomic E-state index is 12.7. The van der Waals surface area contributed by atoms with Gasteiger partial charge in [-0.1, -0.05) is 13.0 Å². The molecule has 0 aliphatic carbocycles. The zero-order valence-corrected chi connectivity index (χ0v) is 15.5. The lowest BCUT2D eigenvalue weighted by atomic mass is 10.2. The summed E-state index contributed by atoms with van der Waals surface area (Å²) in [6.07, 6.45) is 1.68. The third-order valence-electron chi connectivity index (χ3n) is 5.02. The Bertz CT molecular complexity index is 819. The standard InChI is InChI=1S/C20H24N4O3/c1-2-23-7-9-24(10-8-23)20(25)17-12-16(5-6-21-17)22-13-15-3-4-18-19(11-15)27-14-26-18/h3-6,11-12H,2,7-10,13-14H2,1H3,(H,21,22). The van der Waals surface area contributed by atoms with Gasteiger partial charge < -0.3 is 24.6 Å². The molecule has 1 aromatic carbocycles. The van der Waals surface area contributed by atoms with Gasteiger partial charge in [0.2, 0.25) is 6.79 Å². The highest BCUT2D eigenvalue weighted by atomic mass is 16.7. The van der Waals surface area contributed by atoms with E-state index in [1.807, 2.05) is 35.2 Å². The van der Waals surface area contributed by atoms with Crippen molar-refractivity contribution in [2.45, 2.75) is 13.5 Å². The number of carbonyl (C=O) groups is 1. The third kappa shape index (κ3) is 3.98. The van der Waals surface area contributed by atoms with Crippen molar-refractivity contribution in [2.75, 3.05) is 44.8 Å². The van der Waals surface area contributed by atoms with Gasteiger partial charge in [0.1, 0.15) is 5.69 Å². The number of fused-ring (bicyclic) bond motifs is 1. The van der Waals surface area contributed by atoms with Crippen molar-refractivity contribution in [1.82, 2.24) is 14.8 Å². The van der Waals surface area contributed by atoms with Crippen LogP contribution in [0.4, 0.5) is 5.69 Å². The summed E-state index contributed by atoms with van der Waals surface area (Å²) < 4.78 is 10.7. The van der Waals surface area contributed by atoms with Crippen LogP contribution in [-0.2, 0) is 6.54 Å². The Balaban J connectivity index is 1.38. The predicted molar refractivity (Wildman–Crippen MR) is 102 cm³/mol. The molecular formula is C20H24N4O3. The van der Waals surface area contributed by atoms with E-state index < -0.39 is 0 Å². The molecule has 3 heterocycles. The van der Waals surface area contributed by atoms with E-state index in [0.29, 0.717) is 12.2 Å². The van der Waals surface area contributed by atoms with Crippen LogP contribution in [0.3, 0.4) is 0 Å². The number of piperazine rings is 1. The second kappa shape index (κ2) is 7.84. The minimum Gasteiger partial charge on any atom is -0.454 e. The first-order valence-corrected chi connectivity index (χ1v) is 9.33. The normalized spacial score (nSPS) is 16.4. The lowest BCUT2D eigenvalue weighted by Crippen LogP contribution is -2.48. The molecule has 0 saturated carbocycles. The first kappa shape index (κ1) is 17.6. The Labute approximate surface area is 158 Å². The van der Waals surface area contributed by atoms with E-state index in [4.69, 9.17) is 9.47 Å². The molecule has 0 bridgehead atoms. The van der Waals surface area contributed by atoms with Crippen LogP contribution in [-0.4, -0.2) is 60.2 Å². The van der Waals surface area contributed by atoms with Crippen molar-refractivity contribution in [2.24, 2.45) is 0 Å². The van der Waals surface area contributed by atoms with E-state index >= 15 is 0 Å². The van der Waals surface area contributed by atoms with E-state index in [-0.39, 0.29) is 12.7 Å². The number of nitrogens with one attached hydrogen (secondary N) is 1. The van der Waals surface area contributed by atoms with Crippen LogP contribution in [0.1, 0.15) is 23.0 Å². The predicted octanol–water partition coefficient (Wildman–Crippen LogP) is 2.20. The highest BCUT2D eigenvalue weighted by Gasteiger charge is 2.22. The molecule has 0 atom stereocenters. The second-order valence-electron chi connectivity index (χ2n) is 6.70. The summed E-state index contributed by atoms with van der Waals surface area (Å²) in [5.41, 5.74) is 2.44. The number of rotatable bonds is 5. The summed E-state index contributed by atoms with van der Waals surface area (Å²) in [4.78, 5) is 21.2. The molecule has 1 amide bonds. The summed E-state index contributed by atoms with van der Waals surface area (Å²) in [5, 5.41) is 3.35. The topological polar surface area (TPSA) is 66.9 Å². The Hall–Kier alpha value is -2.80. The number of aromatic nitrogens is 1. The molecule has 1 fully saturated rings. The molecule has 2 aromatic rings. The highest BCUT2D eigenvalue weighted by molar-refractivity contribution is 5.93. The Kier molecular flexibility index (Phi) is 5.11. The van der Waals surface area contributed by atoms with Gasteiger partial charge in [0.05, 0.1) is 0 Å². The zero-order chi connectivity index (χ0) is 18.6. The van der Waals surface area contributed by atoms with Crippen LogP contribution in [0, 0.1) is 0 Å². The summed E-state index contributed by atoms with van der Waals surface area (Å²) in [5.74, 6) is 1.54. The van der Waals surface area contributed by atoms with Crippen molar-refractivity contribution >= 4 is 11.6 Å². The van der Waals surface area contributed by atoms with Gasteiger partial charge in [-0.2, -0.15) is 0 Å². The summed E-state index contributed by atoms with van der Waals surface area (Å²) in [6, 6.07) is 9.58. The number of pyridine rings is 1. The van der Waals surface area contributed by atoms with Gasteiger partial charge in [-0.3, -0.25) is 9.78 Å². The molecule has 7 heteroatoms. The lowest BCUT2D eigenvalue weighted by molar-refractivity contribution is 0.0637. The van der Waals surface area contributed by atoms with Crippen molar-refractivity contribution in [3.63, 3.8) is 0 Å². The van der Waals surface area contributed by atoms with Crippen LogP contribution in [0.15, 0.2) is 36.5 Å². The largest absolute Gasteiger partial charge is 0.454 e. The van der Waals surface area contributed by atoms with Gasteiger partial charge in [0.25, 0.3) is 5.91 Å². The van der Waals surface area contributed by atoms with E-state index in [0.717, 1.165) is 55.5 Å². The molecule has 1 N–H and O–H groups in total. The first-order valence-electron chi connectivity index (χ1n) is 9.33. The quantitative estimate of drug-likeness (QED) is 0.873. The maximum Gasteiger partial charge on any atom is 0.272 e. The maximum atomic E-state index is 12.7. The molecule has 7 nitrogen and oxygen atoms in total. The lowest BCUT2D eigenvalue weighted by Gasteiger charge is -2.33. The minimum atomic E-state index is -0.00233. The molecule has 4 rings (SSSR count). The number of hydrogen-bond acceptors (Lipinski definition) is 6. The van der Waals surface area contributed by atoms with Gasteiger partial charge >= 0.3 is 0 Å². The number of anilines is 1. The SMILES string of the molecule is CCN1CCN(C(=O)c2cc(NCc3ccc4c(c3)OCO4)ccn2)CC1. The van der Waals surface area contributed by atoms with E-state index in [2.05, 4.69) is 22.1 Å². The molecular weight excluding hydrogens is 344 g/mol. The molecule has 0 unspecified atom stereocenters. The van der Waals surface area contributed by atoms with Crippen molar-refractivity contribution in [1.29, 1.82) is 0 Å². The average Bonchev–Trinajstić information content (AvgIpc) is 3.20. The molecule has 1 aromatic heterocycles. The number of benzene rings is 1. The summed E-state index contributed by atoms with van der Waals surface area (Å²) >= 11 is 0. The Morgan fingerprint density at radius 2 is 1.93 bits per heavy atom. The van der Waals surface area contributed by atoms with Crippen molar-refractivity contribution in [3.8, 4) is 11.5 Å². The minimum absolute atomic E-state index is 0.00233. The molecule has 2 aliphatic heterocycles. The average molecular weight is 368 g/mol. The van der Waals surface area contributed by atoms with Gasteiger partial charge in [-0.15, -0.1) is 0 Å². The highest BCUT2D eigenvalue weighted by Crippen LogP contribution is 2.32. The molecule has 1 saturated heterocycles. The summed E-state index contributed by atoms with van der Waals surface area (Å²) in [6.45, 7) is 7.42. The fraction of sp³-hybridized carbons (Fsp3) is 0.400. The fourth-order valence-electron chi connectivity index (χ4n) is 3.34. The van der Waals surface area contributed by atoms with Crippen LogP contribution >= 0.6 is 0 Å². The van der Waals surface area contributed by atoms with E-state index in [1.165, 1.54) is 0 Å². The van der Waals surface area contributed by atoms with Gasteiger partial charge in [0.15, 0.2) is 11.5 Å². The van der Waals surface area contributed by atoms with E-state index in [1.54, 1.807) is 6.20 Å². The molecule has 27 heavy (non-hydrogen) atoms. The molecule has 0 spiro atoms. The van der Waals surface area contributed by atoms with Crippen LogP contribution < -0.4 is 14.8 Å². The fourth-order valence-corrected chi connectivity index (χ4v) is 3.34. The Morgan fingerprint density at radius 1 is 1.11 bits per heavy atom. The summed E-state index contributed by atoms with van der Waals surface area (Å²) in [7, 11) is 0. The second-order valence-corrected chi connectivity index (χ2v) is 6.70. The van der Waals surface area contributed by atoms with Crippen LogP contribution in [0.2, 0.25) is 0 Å². The zero-order valence-electron chi connectivity index (χ0n) is 15.5. The van der Waals surface area contributed by atoms with Gasteiger partial charge in [0, 0.05) is 44.6 Å². The molecule has 142 valence electrons. The molecule has 0 radical (unpaired) electrons. The Morgan fingerprint density at radius 3 is 2.74 bits per heavy atom. The number of amides is 1. The number of ether oxygens (including phenoxy) is 2. The van der Waals surface area contributed by atoms with Crippen molar-refractivity contribution < 1.29 is 14.3 Å².